The van der Waals surface area contributed by atoms with Gasteiger partial charge in [0.1, 0.15) is 0 Å². The molecular formula is C15H31N3O2. The molecule has 0 radical (unpaired) electrons. The van der Waals surface area contributed by atoms with Crippen LogP contribution >= 0.6 is 0 Å². The van der Waals surface area contributed by atoms with Crippen LogP contribution in [0.25, 0.3) is 0 Å². The lowest BCUT2D eigenvalue weighted by atomic mass is 10.0. The molecule has 1 amide bonds. The summed E-state index contributed by atoms with van der Waals surface area (Å²) in [5.41, 5.74) is 0. The lowest BCUT2D eigenvalue weighted by Crippen LogP contribution is -2.40. The minimum absolute atomic E-state index is 0.0763. The first-order chi connectivity index (χ1) is 9.74. The van der Waals surface area contributed by atoms with Crippen LogP contribution in [-0.4, -0.2) is 63.3 Å². The maximum Gasteiger partial charge on any atom is 0.233 e. The molecule has 118 valence electrons. The van der Waals surface area contributed by atoms with Gasteiger partial charge in [-0.1, -0.05) is 6.42 Å². The van der Waals surface area contributed by atoms with E-state index in [1.807, 2.05) is 0 Å². The average molecular weight is 285 g/mol. The molecule has 1 rings (SSSR count). The molecule has 0 saturated carbocycles. The molecule has 1 aliphatic heterocycles. The number of methoxy groups -OCH3 is 1. The Morgan fingerprint density at radius 2 is 2.15 bits per heavy atom. The largest absolute Gasteiger partial charge is 0.385 e. The van der Waals surface area contributed by atoms with Crippen LogP contribution in [0.4, 0.5) is 0 Å². The van der Waals surface area contributed by atoms with Crippen molar-refractivity contribution < 1.29 is 9.53 Å². The first-order valence-corrected chi connectivity index (χ1v) is 7.94. The van der Waals surface area contributed by atoms with E-state index in [9.17, 15) is 4.79 Å². The van der Waals surface area contributed by atoms with E-state index in [1.54, 1.807) is 7.11 Å². The van der Waals surface area contributed by atoms with Crippen molar-refractivity contribution in [2.24, 2.45) is 0 Å². The Morgan fingerprint density at radius 1 is 1.30 bits per heavy atom. The number of hydrogen-bond acceptors (Lipinski definition) is 4. The molecule has 0 aromatic heterocycles. The fraction of sp³-hybridized carbons (Fsp3) is 0.933. The maximum atomic E-state index is 11.5. The normalized spacial score (nSPS) is 20.0. The molecule has 20 heavy (non-hydrogen) atoms. The van der Waals surface area contributed by atoms with Gasteiger partial charge in [-0.3, -0.25) is 4.79 Å². The van der Waals surface area contributed by atoms with Crippen LogP contribution in [0, 0.1) is 0 Å². The number of rotatable bonds is 10. The van der Waals surface area contributed by atoms with Gasteiger partial charge >= 0.3 is 0 Å². The number of hydrogen-bond donors (Lipinski definition) is 2. The Bertz CT molecular complexity index is 262. The molecular weight excluding hydrogens is 254 g/mol. The molecule has 1 atom stereocenters. The van der Waals surface area contributed by atoms with Crippen LogP contribution < -0.4 is 10.6 Å². The van der Waals surface area contributed by atoms with Crippen molar-refractivity contribution >= 4 is 5.91 Å². The zero-order valence-electron chi connectivity index (χ0n) is 13.1. The van der Waals surface area contributed by atoms with Crippen LogP contribution in [-0.2, 0) is 9.53 Å². The van der Waals surface area contributed by atoms with E-state index in [-0.39, 0.29) is 5.91 Å². The number of likely N-dealkylation sites (tertiary alicyclic amines) is 1. The summed E-state index contributed by atoms with van der Waals surface area (Å²) in [5, 5.41) is 6.08. The third-order valence-electron chi connectivity index (χ3n) is 3.87. The molecule has 2 N–H and O–H groups in total. The van der Waals surface area contributed by atoms with Gasteiger partial charge in [-0.2, -0.15) is 0 Å². The number of carbonyl (C=O) groups excluding carboxylic acids is 1. The molecule has 0 aliphatic carbocycles. The Balaban J connectivity index is 1.92. The van der Waals surface area contributed by atoms with Gasteiger partial charge in [-0.25, -0.2) is 0 Å². The smallest absolute Gasteiger partial charge is 0.233 e. The summed E-state index contributed by atoms with van der Waals surface area (Å²) < 4.78 is 4.93. The molecule has 1 aliphatic rings. The van der Waals surface area contributed by atoms with Crippen molar-refractivity contribution in [3.63, 3.8) is 0 Å². The molecule has 0 aromatic carbocycles. The van der Waals surface area contributed by atoms with Gasteiger partial charge < -0.3 is 20.3 Å². The summed E-state index contributed by atoms with van der Waals surface area (Å²) in [5.74, 6) is 0.0763. The zero-order chi connectivity index (χ0) is 14.6. The van der Waals surface area contributed by atoms with E-state index >= 15 is 0 Å². The van der Waals surface area contributed by atoms with Gasteiger partial charge in [-0.15, -0.1) is 0 Å². The molecule has 5 nitrogen and oxygen atoms in total. The van der Waals surface area contributed by atoms with Crippen LogP contribution in [0.2, 0.25) is 0 Å². The zero-order valence-corrected chi connectivity index (χ0v) is 13.1. The third kappa shape index (κ3) is 7.82. The van der Waals surface area contributed by atoms with E-state index in [2.05, 4.69) is 22.5 Å². The van der Waals surface area contributed by atoms with Crippen molar-refractivity contribution in [1.29, 1.82) is 0 Å². The summed E-state index contributed by atoms with van der Waals surface area (Å²) in [7, 11) is 1.67. The van der Waals surface area contributed by atoms with Gasteiger partial charge in [-0.05, 0) is 52.2 Å². The van der Waals surface area contributed by atoms with Crippen LogP contribution in [0.5, 0.6) is 0 Å². The second kappa shape index (κ2) is 11.1. The first-order valence-electron chi connectivity index (χ1n) is 7.94. The van der Waals surface area contributed by atoms with Gasteiger partial charge in [0.05, 0.1) is 6.54 Å². The van der Waals surface area contributed by atoms with Crippen molar-refractivity contribution in [2.45, 2.75) is 45.1 Å². The second-order valence-electron chi connectivity index (χ2n) is 5.61. The average Bonchev–Trinajstić information content (AvgIpc) is 2.45. The summed E-state index contributed by atoms with van der Waals surface area (Å²) in [6.07, 6.45) is 6.02. The predicted molar refractivity (Wildman–Crippen MR) is 81.9 cm³/mol. The fourth-order valence-corrected chi connectivity index (χ4v) is 2.61. The fourth-order valence-electron chi connectivity index (χ4n) is 2.61. The molecule has 5 heteroatoms. The Morgan fingerprint density at radius 3 is 2.90 bits per heavy atom. The lowest BCUT2D eigenvalue weighted by Gasteiger charge is -2.33. The third-order valence-corrected chi connectivity index (χ3v) is 3.87. The number of piperidine rings is 1. The summed E-state index contributed by atoms with van der Waals surface area (Å²) in [6, 6.07) is 0.729. The number of ether oxygens (including phenoxy) is 1. The Labute approximate surface area is 123 Å². The van der Waals surface area contributed by atoms with Crippen LogP contribution in [0.3, 0.4) is 0 Å². The minimum Gasteiger partial charge on any atom is -0.385 e. The molecule has 0 spiro atoms. The highest BCUT2D eigenvalue weighted by molar-refractivity contribution is 5.77. The van der Waals surface area contributed by atoms with E-state index in [0.29, 0.717) is 19.7 Å². The lowest BCUT2D eigenvalue weighted by molar-refractivity contribution is -0.120. The van der Waals surface area contributed by atoms with E-state index in [1.165, 1.54) is 25.8 Å². The van der Waals surface area contributed by atoms with Gasteiger partial charge in [0.2, 0.25) is 5.91 Å². The quantitative estimate of drug-likeness (QED) is 0.588. The monoisotopic (exact) mass is 285 g/mol. The number of carbonyl (C=O) groups is 1. The molecule has 1 saturated heterocycles. The molecule has 1 fully saturated rings. The summed E-state index contributed by atoms with van der Waals surface area (Å²) in [4.78, 5) is 14.1. The Hall–Kier alpha value is -0.650. The highest BCUT2D eigenvalue weighted by atomic mass is 16.5. The predicted octanol–water partition coefficient (Wildman–Crippen LogP) is 0.993. The standard InChI is InChI=1S/C15H31N3O2/c1-14-7-3-4-10-18(14)11-5-8-16-13-15(19)17-9-6-12-20-2/h14,16H,3-13H2,1-2H3,(H,17,19). The first kappa shape index (κ1) is 17.4. The van der Waals surface area contributed by atoms with Gasteiger partial charge in [0.15, 0.2) is 0 Å². The van der Waals surface area contributed by atoms with Gasteiger partial charge in [0, 0.05) is 26.3 Å². The topological polar surface area (TPSA) is 53.6 Å². The highest BCUT2D eigenvalue weighted by Crippen LogP contribution is 2.15. The molecule has 1 unspecified atom stereocenters. The van der Waals surface area contributed by atoms with Crippen molar-refractivity contribution in [2.75, 3.05) is 46.4 Å². The number of nitrogens with one attached hydrogen (secondary N) is 2. The highest BCUT2D eigenvalue weighted by Gasteiger charge is 2.16. The van der Waals surface area contributed by atoms with Crippen molar-refractivity contribution in [1.82, 2.24) is 15.5 Å². The van der Waals surface area contributed by atoms with Crippen LogP contribution in [0.15, 0.2) is 0 Å². The van der Waals surface area contributed by atoms with E-state index in [0.717, 1.165) is 32.0 Å². The summed E-state index contributed by atoms with van der Waals surface area (Å²) >= 11 is 0. The second-order valence-corrected chi connectivity index (χ2v) is 5.61. The molecule has 0 aromatic rings. The number of amides is 1. The Kier molecular flexibility index (Phi) is 9.62. The summed E-state index contributed by atoms with van der Waals surface area (Å²) in [6.45, 7) is 7.42. The van der Waals surface area contributed by atoms with E-state index in [4.69, 9.17) is 4.74 Å². The van der Waals surface area contributed by atoms with Gasteiger partial charge in [0.25, 0.3) is 0 Å². The maximum absolute atomic E-state index is 11.5. The van der Waals surface area contributed by atoms with Crippen molar-refractivity contribution in [3.05, 3.63) is 0 Å². The SMILES string of the molecule is COCCCNC(=O)CNCCCN1CCCCC1C. The minimum atomic E-state index is 0.0763. The van der Waals surface area contributed by atoms with Crippen LogP contribution in [0.1, 0.15) is 39.0 Å². The molecule has 0 bridgehead atoms. The number of nitrogens with zero attached hydrogens (tertiary/aromatic N) is 1. The molecule has 1 heterocycles. The van der Waals surface area contributed by atoms with E-state index < -0.39 is 0 Å². The van der Waals surface area contributed by atoms with Crippen molar-refractivity contribution in [3.8, 4) is 0 Å².